The molecule has 1 atom stereocenters. The highest BCUT2D eigenvalue weighted by atomic mass is 16.3. The smallest absolute Gasteiger partial charge is 0.152 e. The molecule has 1 aliphatic rings. The minimum atomic E-state index is 0.0190. The van der Waals surface area contributed by atoms with Crippen LogP contribution in [0, 0.1) is 0 Å². The van der Waals surface area contributed by atoms with E-state index in [0.29, 0.717) is 0 Å². The van der Waals surface area contributed by atoms with Crippen LogP contribution < -0.4 is 0 Å². The van der Waals surface area contributed by atoms with Gasteiger partial charge in [-0.1, -0.05) is 0 Å². The lowest BCUT2D eigenvalue weighted by molar-refractivity contribution is 0.196. The average molecular weight is 143 g/mol. The molecule has 0 aliphatic carbocycles. The van der Waals surface area contributed by atoms with Gasteiger partial charge >= 0.3 is 0 Å². The van der Waals surface area contributed by atoms with E-state index in [0.717, 1.165) is 5.84 Å². The van der Waals surface area contributed by atoms with E-state index in [2.05, 4.69) is 5.10 Å². The van der Waals surface area contributed by atoms with Crippen LogP contribution in [0.5, 0.6) is 0 Å². The normalized spacial score (nSPS) is 25.6. The van der Waals surface area contributed by atoms with Gasteiger partial charge in [-0.3, -0.25) is 5.01 Å². The summed E-state index contributed by atoms with van der Waals surface area (Å²) in [5.74, 6) is 0.731. The predicted octanol–water partition coefficient (Wildman–Crippen LogP) is -0.485. The first-order valence-corrected chi connectivity index (χ1v) is 3.31. The summed E-state index contributed by atoms with van der Waals surface area (Å²) in [7, 11) is 3.81. The lowest BCUT2D eigenvalue weighted by atomic mass is 10.4. The topological polar surface area (TPSA) is 39.1 Å². The molecule has 1 N–H and O–H groups in total. The fourth-order valence-corrected chi connectivity index (χ4v) is 0.946. The molecule has 0 saturated heterocycles. The summed E-state index contributed by atoms with van der Waals surface area (Å²) in [5, 5.41) is 14.7. The molecule has 0 saturated carbocycles. The zero-order valence-electron chi connectivity index (χ0n) is 6.57. The number of aliphatic hydroxyl groups is 1. The van der Waals surface area contributed by atoms with E-state index in [4.69, 9.17) is 5.11 Å². The van der Waals surface area contributed by atoms with Crippen molar-refractivity contribution in [1.82, 2.24) is 9.91 Å². The van der Waals surface area contributed by atoms with Crippen LogP contribution in [0.15, 0.2) is 5.10 Å². The summed E-state index contributed by atoms with van der Waals surface area (Å²) < 4.78 is 0. The van der Waals surface area contributed by atoms with Gasteiger partial charge in [0.25, 0.3) is 0 Å². The lowest BCUT2D eigenvalue weighted by Gasteiger charge is -2.21. The Labute approximate surface area is 60.7 Å². The number of rotatable bonds is 1. The molecule has 0 fully saturated rings. The summed E-state index contributed by atoms with van der Waals surface area (Å²) in [6.07, 6.45) is 0.266. The molecule has 1 aliphatic heterocycles. The van der Waals surface area contributed by atoms with Crippen molar-refractivity contribution in [2.24, 2.45) is 5.10 Å². The molecule has 0 aromatic rings. The van der Waals surface area contributed by atoms with E-state index in [1.165, 1.54) is 0 Å². The van der Waals surface area contributed by atoms with Gasteiger partial charge < -0.3 is 10.0 Å². The zero-order valence-corrected chi connectivity index (χ0v) is 6.57. The van der Waals surface area contributed by atoms with Crippen molar-refractivity contribution >= 4 is 5.84 Å². The Bertz CT molecular complexity index is 157. The molecule has 58 valence electrons. The molecule has 1 rings (SSSR count). The maximum absolute atomic E-state index is 8.77. The third-order valence-electron chi connectivity index (χ3n) is 1.92. The monoisotopic (exact) mass is 143 g/mol. The molecule has 0 radical (unpaired) electrons. The molecule has 0 bridgehead atoms. The second kappa shape index (κ2) is 2.46. The third-order valence-corrected chi connectivity index (χ3v) is 1.92. The van der Waals surface area contributed by atoms with Crippen molar-refractivity contribution in [1.29, 1.82) is 0 Å². The number of hydrogen-bond acceptors (Lipinski definition) is 4. The average Bonchev–Trinajstić information content (AvgIpc) is 2.17. The van der Waals surface area contributed by atoms with Crippen LogP contribution >= 0.6 is 0 Å². The fourth-order valence-electron chi connectivity index (χ4n) is 0.946. The van der Waals surface area contributed by atoms with Gasteiger partial charge in [0.2, 0.25) is 0 Å². The number of hydrogen-bond donors (Lipinski definition) is 1. The van der Waals surface area contributed by atoms with E-state index in [-0.39, 0.29) is 12.8 Å². The number of amidine groups is 1. The van der Waals surface area contributed by atoms with Gasteiger partial charge in [-0.05, 0) is 6.92 Å². The summed E-state index contributed by atoms with van der Waals surface area (Å²) in [4.78, 5) is 1.94. The van der Waals surface area contributed by atoms with Crippen LogP contribution in [0.4, 0.5) is 0 Å². The van der Waals surface area contributed by atoms with Crippen LogP contribution in [-0.2, 0) is 0 Å². The molecule has 4 nitrogen and oxygen atoms in total. The third kappa shape index (κ3) is 0.945. The number of aliphatic hydroxyl groups excluding tert-OH is 1. The van der Waals surface area contributed by atoms with Crippen LogP contribution in [-0.4, -0.2) is 47.7 Å². The Hall–Kier alpha value is -0.770. The van der Waals surface area contributed by atoms with E-state index >= 15 is 0 Å². The van der Waals surface area contributed by atoms with Crippen molar-refractivity contribution < 1.29 is 5.11 Å². The highest BCUT2D eigenvalue weighted by Crippen LogP contribution is 2.10. The van der Waals surface area contributed by atoms with Crippen LogP contribution in [0.25, 0.3) is 0 Å². The van der Waals surface area contributed by atoms with Crippen molar-refractivity contribution in [2.45, 2.75) is 13.1 Å². The fraction of sp³-hybridized carbons (Fsp3) is 0.833. The summed E-state index contributed by atoms with van der Waals surface area (Å²) >= 11 is 0. The first-order valence-electron chi connectivity index (χ1n) is 3.31. The molecule has 0 aromatic carbocycles. The van der Waals surface area contributed by atoms with E-state index in [1.807, 2.05) is 30.9 Å². The summed E-state index contributed by atoms with van der Waals surface area (Å²) in [5.41, 5.74) is 0. The molecule has 0 spiro atoms. The van der Waals surface area contributed by atoms with Gasteiger partial charge in [0.1, 0.15) is 12.8 Å². The van der Waals surface area contributed by atoms with Gasteiger partial charge in [0.15, 0.2) is 5.84 Å². The highest BCUT2D eigenvalue weighted by molar-refractivity contribution is 5.84. The zero-order chi connectivity index (χ0) is 7.72. The number of nitrogens with zero attached hydrogens (tertiary/aromatic N) is 3. The predicted molar refractivity (Wildman–Crippen MR) is 39.5 cm³/mol. The SMILES string of the molecule is CC1N(C)N=C(CO)N1C. The van der Waals surface area contributed by atoms with Gasteiger partial charge in [0.05, 0.1) is 0 Å². The van der Waals surface area contributed by atoms with Crippen LogP contribution in [0.2, 0.25) is 0 Å². The van der Waals surface area contributed by atoms with E-state index in [1.54, 1.807) is 0 Å². The Balaban J connectivity index is 2.68. The van der Waals surface area contributed by atoms with Gasteiger partial charge in [0, 0.05) is 14.1 Å². The van der Waals surface area contributed by atoms with Crippen molar-refractivity contribution in [3.63, 3.8) is 0 Å². The standard InChI is InChI=1S/C6H13N3O/c1-5-8(2)6(4-10)7-9(5)3/h5,10H,4H2,1-3H3. The highest BCUT2D eigenvalue weighted by Gasteiger charge is 2.23. The Morgan fingerprint density at radius 3 is 2.40 bits per heavy atom. The van der Waals surface area contributed by atoms with Gasteiger partial charge in [-0.25, -0.2) is 0 Å². The first kappa shape index (κ1) is 7.34. The van der Waals surface area contributed by atoms with Crippen LogP contribution in [0.3, 0.4) is 0 Å². The van der Waals surface area contributed by atoms with E-state index < -0.39 is 0 Å². The second-order valence-corrected chi connectivity index (χ2v) is 2.49. The quantitative estimate of drug-likeness (QED) is 0.538. The molecule has 4 heteroatoms. The molecule has 0 aromatic heterocycles. The first-order chi connectivity index (χ1) is 4.66. The molecule has 1 unspecified atom stereocenters. The van der Waals surface area contributed by atoms with E-state index in [9.17, 15) is 0 Å². The molecule has 10 heavy (non-hydrogen) atoms. The Kier molecular flexibility index (Phi) is 1.80. The molecular formula is C6H13N3O. The molecule has 1 heterocycles. The Morgan fingerprint density at radius 2 is 2.20 bits per heavy atom. The lowest BCUT2D eigenvalue weighted by Crippen LogP contribution is -2.36. The minimum absolute atomic E-state index is 0.0190. The summed E-state index contributed by atoms with van der Waals surface area (Å²) in [6, 6.07) is 0. The molecule has 0 amide bonds. The Morgan fingerprint density at radius 1 is 1.60 bits per heavy atom. The minimum Gasteiger partial charge on any atom is -0.388 e. The second-order valence-electron chi connectivity index (χ2n) is 2.49. The summed E-state index contributed by atoms with van der Waals surface area (Å²) in [6.45, 7) is 2.05. The van der Waals surface area contributed by atoms with Crippen molar-refractivity contribution in [2.75, 3.05) is 20.7 Å². The van der Waals surface area contributed by atoms with Crippen molar-refractivity contribution in [3.8, 4) is 0 Å². The largest absolute Gasteiger partial charge is 0.388 e. The number of hydrazone groups is 1. The van der Waals surface area contributed by atoms with Crippen molar-refractivity contribution in [3.05, 3.63) is 0 Å². The molecular weight excluding hydrogens is 130 g/mol. The van der Waals surface area contributed by atoms with Gasteiger partial charge in [-0.15, -0.1) is 0 Å². The number of likely N-dealkylation sites (N-methyl/N-ethyl adjacent to an activating group) is 1. The maximum atomic E-state index is 8.77. The maximum Gasteiger partial charge on any atom is 0.152 e. The van der Waals surface area contributed by atoms with Gasteiger partial charge in [-0.2, -0.15) is 5.10 Å². The van der Waals surface area contributed by atoms with Crippen LogP contribution in [0.1, 0.15) is 6.92 Å².